The first-order valence-electron chi connectivity index (χ1n) is 8.37. The van der Waals surface area contributed by atoms with Gasteiger partial charge in [-0.2, -0.15) is 0 Å². The number of aromatic carboxylic acids is 1. The average molecular weight is 376 g/mol. The molecule has 1 unspecified atom stereocenters. The minimum Gasteiger partial charge on any atom is -0.478 e. The SMILES string of the molecule is Cc1nc2cccc(-c3cc(C(=O)O)c(C(C)[NH3+])[nH]3)c2nc1NCC(F)F. The van der Waals surface area contributed by atoms with E-state index in [1.165, 1.54) is 6.07 Å². The summed E-state index contributed by atoms with van der Waals surface area (Å²) in [7, 11) is 0. The highest BCUT2D eigenvalue weighted by atomic mass is 19.3. The number of nitrogens with zero attached hydrogens (tertiary/aromatic N) is 2. The Kier molecular flexibility index (Phi) is 5.04. The number of aromatic nitrogens is 3. The third-order valence-electron chi connectivity index (χ3n) is 4.15. The number of rotatable bonds is 6. The molecule has 0 aliphatic carbocycles. The summed E-state index contributed by atoms with van der Waals surface area (Å²) in [6, 6.07) is 6.60. The van der Waals surface area contributed by atoms with Crippen molar-refractivity contribution in [2.75, 3.05) is 11.9 Å². The van der Waals surface area contributed by atoms with E-state index < -0.39 is 18.9 Å². The van der Waals surface area contributed by atoms with Crippen molar-refractivity contribution in [3.05, 3.63) is 41.2 Å². The van der Waals surface area contributed by atoms with Gasteiger partial charge in [-0.25, -0.2) is 23.5 Å². The zero-order chi connectivity index (χ0) is 19.7. The summed E-state index contributed by atoms with van der Waals surface area (Å²) in [5.41, 5.74) is 7.30. The second-order valence-electron chi connectivity index (χ2n) is 6.32. The Balaban J connectivity index is 2.16. The van der Waals surface area contributed by atoms with Crippen LogP contribution in [0.4, 0.5) is 14.6 Å². The number of benzene rings is 1. The normalized spacial score (nSPS) is 12.5. The molecule has 3 rings (SSSR count). The minimum atomic E-state index is -2.51. The Morgan fingerprint density at radius 3 is 2.70 bits per heavy atom. The van der Waals surface area contributed by atoms with Crippen LogP contribution in [0.2, 0.25) is 0 Å². The van der Waals surface area contributed by atoms with Gasteiger partial charge in [0.25, 0.3) is 6.43 Å². The smallest absolute Gasteiger partial charge is 0.337 e. The fourth-order valence-corrected chi connectivity index (χ4v) is 2.91. The lowest BCUT2D eigenvalue weighted by atomic mass is 10.1. The van der Waals surface area contributed by atoms with Crippen molar-refractivity contribution >= 4 is 22.8 Å². The highest BCUT2D eigenvalue weighted by Gasteiger charge is 2.21. The summed E-state index contributed by atoms with van der Waals surface area (Å²) in [6.45, 7) is 2.95. The van der Waals surface area contributed by atoms with Gasteiger partial charge in [0.2, 0.25) is 0 Å². The predicted molar refractivity (Wildman–Crippen MR) is 96.8 cm³/mol. The van der Waals surface area contributed by atoms with Crippen LogP contribution >= 0.6 is 0 Å². The summed E-state index contributed by atoms with van der Waals surface area (Å²) >= 11 is 0. The van der Waals surface area contributed by atoms with Gasteiger partial charge in [0.1, 0.15) is 17.4 Å². The van der Waals surface area contributed by atoms with Crippen molar-refractivity contribution < 1.29 is 24.4 Å². The van der Waals surface area contributed by atoms with Crippen LogP contribution in [0, 0.1) is 6.92 Å². The first-order valence-corrected chi connectivity index (χ1v) is 8.37. The Hall–Kier alpha value is -3.07. The standard InChI is InChI=1S/C18H19F2N5O2/c1-8(21)15-11(18(26)27)6-13(24-15)10-4-3-5-12-16(10)25-17(9(2)23-12)22-7-14(19)20/h3-6,8,14,24H,7,21H2,1-2H3,(H,22,25)(H,26,27)/p+1. The molecular weight excluding hydrogens is 356 g/mol. The molecule has 0 spiro atoms. The molecule has 1 atom stereocenters. The average Bonchev–Trinajstić information content (AvgIpc) is 3.05. The van der Waals surface area contributed by atoms with Gasteiger partial charge >= 0.3 is 5.97 Å². The summed E-state index contributed by atoms with van der Waals surface area (Å²) in [4.78, 5) is 23.5. The number of aromatic amines is 1. The topological polar surface area (TPSA) is 119 Å². The van der Waals surface area contributed by atoms with Gasteiger partial charge in [-0.15, -0.1) is 0 Å². The van der Waals surface area contributed by atoms with Crippen molar-refractivity contribution in [3.63, 3.8) is 0 Å². The lowest BCUT2D eigenvalue weighted by molar-refractivity contribution is -0.421. The zero-order valence-corrected chi connectivity index (χ0v) is 14.9. The lowest BCUT2D eigenvalue weighted by Gasteiger charge is -2.11. The van der Waals surface area contributed by atoms with E-state index >= 15 is 0 Å². The van der Waals surface area contributed by atoms with E-state index in [1.54, 1.807) is 32.0 Å². The number of carboxylic acid groups (broad SMARTS) is 1. The van der Waals surface area contributed by atoms with Crippen LogP contribution in [0.1, 0.15) is 34.7 Å². The number of fused-ring (bicyclic) bond motifs is 1. The number of hydrogen-bond acceptors (Lipinski definition) is 4. The molecule has 0 amide bonds. The maximum atomic E-state index is 12.5. The Labute approximate surface area is 153 Å². The lowest BCUT2D eigenvalue weighted by Crippen LogP contribution is -2.52. The molecule has 0 saturated heterocycles. The fourth-order valence-electron chi connectivity index (χ4n) is 2.91. The number of H-pyrrole nitrogens is 1. The predicted octanol–water partition coefficient (Wildman–Crippen LogP) is 2.61. The maximum absolute atomic E-state index is 12.5. The van der Waals surface area contributed by atoms with Crippen molar-refractivity contribution in [1.82, 2.24) is 15.0 Å². The molecule has 0 aliphatic rings. The van der Waals surface area contributed by atoms with E-state index in [0.717, 1.165) is 0 Å². The van der Waals surface area contributed by atoms with E-state index in [0.29, 0.717) is 33.7 Å². The van der Waals surface area contributed by atoms with Gasteiger partial charge < -0.3 is 21.1 Å². The largest absolute Gasteiger partial charge is 0.478 e. The number of aryl methyl sites for hydroxylation is 1. The number of carboxylic acids is 1. The van der Waals surface area contributed by atoms with Gasteiger partial charge in [-0.3, -0.25) is 0 Å². The summed E-state index contributed by atoms with van der Waals surface area (Å²) in [5, 5.41) is 12.0. The monoisotopic (exact) mass is 376 g/mol. The van der Waals surface area contributed by atoms with Crippen LogP contribution in [0.3, 0.4) is 0 Å². The fraction of sp³-hybridized carbons (Fsp3) is 0.278. The summed E-state index contributed by atoms with van der Waals surface area (Å²) in [6.07, 6.45) is -2.51. The van der Waals surface area contributed by atoms with Gasteiger partial charge in [0, 0.05) is 11.3 Å². The van der Waals surface area contributed by atoms with Gasteiger partial charge in [-0.1, -0.05) is 12.1 Å². The quantitative estimate of drug-likeness (QED) is 0.527. The van der Waals surface area contributed by atoms with Crippen LogP contribution in [0.25, 0.3) is 22.3 Å². The second-order valence-corrected chi connectivity index (χ2v) is 6.32. The van der Waals surface area contributed by atoms with Crippen LogP contribution in [-0.4, -0.2) is 39.0 Å². The number of para-hydroxylation sites is 1. The van der Waals surface area contributed by atoms with Crippen molar-refractivity contribution in [2.24, 2.45) is 0 Å². The first kappa shape index (κ1) is 18.7. The molecule has 0 bridgehead atoms. The van der Waals surface area contributed by atoms with Gasteiger partial charge in [-0.05, 0) is 26.0 Å². The molecule has 3 aromatic rings. The Bertz CT molecular complexity index is 1000. The minimum absolute atomic E-state index is 0.139. The van der Waals surface area contributed by atoms with Crippen molar-refractivity contribution in [2.45, 2.75) is 26.3 Å². The molecule has 0 saturated carbocycles. The zero-order valence-electron chi connectivity index (χ0n) is 14.9. The number of carbonyl (C=O) groups is 1. The molecule has 27 heavy (non-hydrogen) atoms. The maximum Gasteiger partial charge on any atom is 0.337 e. The number of nitrogens with one attached hydrogen (secondary N) is 2. The molecule has 6 N–H and O–H groups in total. The molecule has 9 heteroatoms. The van der Waals surface area contributed by atoms with E-state index in [4.69, 9.17) is 0 Å². The molecule has 0 radical (unpaired) electrons. The van der Waals surface area contributed by atoms with Gasteiger partial charge in [0.05, 0.1) is 29.0 Å². The van der Waals surface area contributed by atoms with Crippen LogP contribution < -0.4 is 11.1 Å². The molecule has 2 aromatic heterocycles. The number of halogens is 2. The molecule has 0 aliphatic heterocycles. The number of quaternary nitrogens is 1. The van der Waals surface area contributed by atoms with E-state index in [-0.39, 0.29) is 17.4 Å². The molecule has 2 heterocycles. The highest BCUT2D eigenvalue weighted by molar-refractivity contribution is 5.95. The van der Waals surface area contributed by atoms with Crippen LogP contribution in [0.15, 0.2) is 24.3 Å². The van der Waals surface area contributed by atoms with Gasteiger partial charge in [0.15, 0.2) is 0 Å². The number of anilines is 1. The van der Waals surface area contributed by atoms with Crippen molar-refractivity contribution in [1.29, 1.82) is 0 Å². The second kappa shape index (κ2) is 7.28. The Morgan fingerprint density at radius 2 is 2.11 bits per heavy atom. The van der Waals surface area contributed by atoms with Crippen LogP contribution in [-0.2, 0) is 0 Å². The molecule has 1 aromatic carbocycles. The Morgan fingerprint density at radius 1 is 1.37 bits per heavy atom. The van der Waals surface area contributed by atoms with E-state index in [9.17, 15) is 18.7 Å². The number of hydrogen-bond donors (Lipinski definition) is 4. The van der Waals surface area contributed by atoms with E-state index in [1.807, 2.05) is 0 Å². The highest BCUT2D eigenvalue weighted by Crippen LogP contribution is 2.30. The van der Waals surface area contributed by atoms with Crippen LogP contribution in [0.5, 0.6) is 0 Å². The molecule has 142 valence electrons. The van der Waals surface area contributed by atoms with Crippen molar-refractivity contribution in [3.8, 4) is 11.3 Å². The first-order chi connectivity index (χ1) is 12.8. The molecular formula is C18H20F2N5O2+. The number of alkyl halides is 2. The molecule has 0 fully saturated rings. The third kappa shape index (κ3) is 3.72. The van der Waals surface area contributed by atoms with E-state index in [2.05, 4.69) is 26.0 Å². The summed E-state index contributed by atoms with van der Waals surface area (Å²) < 4.78 is 25.1. The molecule has 7 nitrogen and oxygen atoms in total. The third-order valence-corrected chi connectivity index (χ3v) is 4.15. The summed E-state index contributed by atoms with van der Waals surface area (Å²) in [5.74, 6) is -0.782.